The first-order valence-electron chi connectivity index (χ1n) is 9.87. The number of ether oxygens (including phenoxy) is 1. The summed E-state index contributed by atoms with van der Waals surface area (Å²) in [5.74, 6) is 1.37. The van der Waals surface area contributed by atoms with Crippen molar-refractivity contribution in [3.05, 3.63) is 83.3 Å². The highest BCUT2D eigenvalue weighted by molar-refractivity contribution is 7.89. The van der Waals surface area contributed by atoms with Crippen molar-refractivity contribution in [2.24, 2.45) is 0 Å². The van der Waals surface area contributed by atoms with Crippen LogP contribution in [-0.4, -0.2) is 30.1 Å². The largest absolute Gasteiger partial charge is 0.497 e. The molecule has 0 spiro atoms. The van der Waals surface area contributed by atoms with E-state index in [2.05, 4.69) is 14.7 Å². The molecule has 0 bridgehead atoms. The first-order valence-corrected chi connectivity index (χ1v) is 11.4. The van der Waals surface area contributed by atoms with Gasteiger partial charge in [0.05, 0.1) is 25.1 Å². The minimum atomic E-state index is -3.68. The highest BCUT2D eigenvalue weighted by Gasteiger charge is 2.19. The van der Waals surface area contributed by atoms with E-state index in [4.69, 9.17) is 4.74 Å². The Bertz CT molecular complexity index is 1330. The van der Waals surface area contributed by atoms with E-state index in [0.717, 1.165) is 22.4 Å². The number of imidazole rings is 1. The fourth-order valence-corrected chi connectivity index (χ4v) is 4.76. The minimum absolute atomic E-state index is 0.0577. The van der Waals surface area contributed by atoms with Crippen LogP contribution in [0.1, 0.15) is 22.5 Å². The lowest BCUT2D eigenvalue weighted by molar-refractivity contribution is 0.414. The highest BCUT2D eigenvalue weighted by atomic mass is 32.2. The van der Waals surface area contributed by atoms with E-state index in [9.17, 15) is 8.42 Å². The Kier molecular flexibility index (Phi) is 5.75. The number of benzene rings is 2. The number of aryl methyl sites for hydroxylation is 2. The van der Waals surface area contributed by atoms with Gasteiger partial charge in [-0.25, -0.2) is 23.1 Å². The van der Waals surface area contributed by atoms with Crippen LogP contribution in [-0.2, 0) is 23.1 Å². The van der Waals surface area contributed by atoms with Crippen LogP contribution < -0.4 is 9.46 Å². The average Bonchev–Trinajstić information content (AvgIpc) is 3.10. The molecule has 0 atom stereocenters. The molecule has 160 valence electrons. The maximum Gasteiger partial charge on any atom is 0.241 e. The molecule has 0 radical (unpaired) electrons. The van der Waals surface area contributed by atoms with Gasteiger partial charge in [0.15, 0.2) is 5.65 Å². The van der Waals surface area contributed by atoms with Crippen LogP contribution >= 0.6 is 0 Å². The normalized spacial score (nSPS) is 11.7. The van der Waals surface area contributed by atoms with Crippen LogP contribution in [0.2, 0.25) is 0 Å². The lowest BCUT2D eigenvalue weighted by atomic mass is 10.2. The molecular weight excluding hydrogens is 412 g/mol. The van der Waals surface area contributed by atoms with Gasteiger partial charge in [0.25, 0.3) is 0 Å². The molecule has 8 heteroatoms. The Morgan fingerprint density at radius 1 is 1.06 bits per heavy atom. The Balaban J connectivity index is 1.64. The summed E-state index contributed by atoms with van der Waals surface area (Å²) < 4.78 is 35.7. The van der Waals surface area contributed by atoms with Gasteiger partial charge in [-0.15, -0.1) is 0 Å². The van der Waals surface area contributed by atoms with Gasteiger partial charge in [-0.1, -0.05) is 29.8 Å². The monoisotopic (exact) mass is 436 g/mol. The summed E-state index contributed by atoms with van der Waals surface area (Å²) in [5, 5.41) is 0. The second-order valence-corrected chi connectivity index (χ2v) is 9.14. The molecule has 31 heavy (non-hydrogen) atoms. The van der Waals surface area contributed by atoms with Gasteiger partial charge < -0.3 is 9.30 Å². The molecule has 0 aliphatic heterocycles. The van der Waals surface area contributed by atoms with Gasteiger partial charge in [-0.05, 0) is 55.3 Å². The molecule has 0 saturated heterocycles. The SMILES string of the molecule is COc1ccc(Cn2c(CNS(=O)(=O)c3ccc(C)cc3C)nc3cccnc32)cc1. The van der Waals surface area contributed by atoms with Crippen LogP contribution in [0.5, 0.6) is 5.75 Å². The van der Waals surface area contributed by atoms with Crippen LogP contribution in [0.3, 0.4) is 0 Å². The predicted octanol–water partition coefficient (Wildman–Crippen LogP) is 3.58. The van der Waals surface area contributed by atoms with Gasteiger partial charge in [0, 0.05) is 6.20 Å². The van der Waals surface area contributed by atoms with Crippen LogP contribution in [0.4, 0.5) is 0 Å². The molecular formula is C23H24N4O3S. The topological polar surface area (TPSA) is 86.1 Å². The number of rotatable bonds is 7. The molecule has 0 amide bonds. The van der Waals surface area contributed by atoms with E-state index in [1.54, 1.807) is 32.4 Å². The van der Waals surface area contributed by atoms with Crippen LogP contribution in [0.25, 0.3) is 11.2 Å². The standard InChI is InChI=1S/C23H24N4O3S/c1-16-6-11-21(17(2)13-16)31(28,29)25-14-22-26-20-5-4-12-24-23(20)27(22)15-18-7-9-19(30-3)10-8-18/h4-13,25H,14-15H2,1-3H3. The summed E-state index contributed by atoms with van der Waals surface area (Å²) in [6.07, 6.45) is 1.71. The second kappa shape index (κ2) is 8.49. The summed E-state index contributed by atoms with van der Waals surface area (Å²) >= 11 is 0. The molecule has 0 aliphatic carbocycles. The zero-order chi connectivity index (χ0) is 22.0. The predicted molar refractivity (Wildman–Crippen MR) is 120 cm³/mol. The van der Waals surface area contributed by atoms with Crippen molar-refractivity contribution in [3.63, 3.8) is 0 Å². The van der Waals surface area contributed by atoms with E-state index in [-0.39, 0.29) is 11.4 Å². The van der Waals surface area contributed by atoms with E-state index in [0.29, 0.717) is 23.6 Å². The number of hydrogen-bond donors (Lipinski definition) is 1. The third-order valence-corrected chi connectivity index (χ3v) is 6.68. The molecule has 4 rings (SSSR count). The molecule has 2 heterocycles. The number of aromatic nitrogens is 3. The van der Waals surface area contributed by atoms with Crippen molar-refractivity contribution < 1.29 is 13.2 Å². The maximum absolute atomic E-state index is 12.9. The van der Waals surface area contributed by atoms with Crippen molar-refractivity contribution >= 4 is 21.2 Å². The summed E-state index contributed by atoms with van der Waals surface area (Å²) in [6, 6.07) is 16.7. The Hall–Kier alpha value is -3.23. The number of nitrogens with zero attached hydrogens (tertiary/aromatic N) is 3. The molecule has 0 aliphatic rings. The third kappa shape index (κ3) is 4.45. The van der Waals surface area contributed by atoms with Crippen molar-refractivity contribution in [1.82, 2.24) is 19.3 Å². The van der Waals surface area contributed by atoms with E-state index in [1.165, 1.54) is 0 Å². The van der Waals surface area contributed by atoms with Crippen molar-refractivity contribution in [3.8, 4) is 5.75 Å². The van der Waals surface area contributed by atoms with Crippen molar-refractivity contribution in [2.45, 2.75) is 31.8 Å². The lowest BCUT2D eigenvalue weighted by Gasteiger charge is -2.12. The Morgan fingerprint density at radius 2 is 1.84 bits per heavy atom. The number of fused-ring (bicyclic) bond motifs is 1. The van der Waals surface area contributed by atoms with E-state index >= 15 is 0 Å². The molecule has 0 saturated carbocycles. The maximum atomic E-state index is 12.9. The molecule has 0 unspecified atom stereocenters. The fourth-order valence-electron chi connectivity index (χ4n) is 3.56. The molecule has 7 nitrogen and oxygen atoms in total. The smallest absolute Gasteiger partial charge is 0.241 e. The molecule has 2 aromatic carbocycles. The highest BCUT2D eigenvalue weighted by Crippen LogP contribution is 2.20. The summed E-state index contributed by atoms with van der Waals surface area (Å²) in [7, 11) is -2.05. The molecule has 1 N–H and O–H groups in total. The number of pyridine rings is 1. The second-order valence-electron chi connectivity index (χ2n) is 7.40. The molecule has 0 fully saturated rings. The Labute approximate surface area is 181 Å². The van der Waals surface area contributed by atoms with E-state index in [1.807, 2.05) is 54.0 Å². The van der Waals surface area contributed by atoms with Gasteiger partial charge in [-0.2, -0.15) is 0 Å². The summed E-state index contributed by atoms with van der Waals surface area (Å²) in [4.78, 5) is 9.35. The van der Waals surface area contributed by atoms with E-state index < -0.39 is 10.0 Å². The van der Waals surface area contributed by atoms with Gasteiger partial charge in [-0.3, -0.25) is 0 Å². The minimum Gasteiger partial charge on any atom is -0.497 e. The van der Waals surface area contributed by atoms with Crippen LogP contribution in [0, 0.1) is 13.8 Å². The fraction of sp³-hybridized carbons (Fsp3) is 0.217. The van der Waals surface area contributed by atoms with Crippen molar-refractivity contribution in [1.29, 1.82) is 0 Å². The number of hydrogen-bond acceptors (Lipinski definition) is 5. The summed E-state index contributed by atoms with van der Waals surface area (Å²) in [5.41, 5.74) is 4.18. The zero-order valence-corrected chi connectivity index (χ0v) is 18.5. The van der Waals surface area contributed by atoms with Crippen molar-refractivity contribution in [2.75, 3.05) is 7.11 Å². The first-order chi connectivity index (χ1) is 14.9. The van der Waals surface area contributed by atoms with Gasteiger partial charge in [0.1, 0.15) is 17.1 Å². The number of sulfonamides is 1. The molecule has 2 aromatic heterocycles. The quantitative estimate of drug-likeness (QED) is 0.479. The average molecular weight is 437 g/mol. The van der Waals surface area contributed by atoms with Crippen LogP contribution in [0.15, 0.2) is 65.7 Å². The number of methoxy groups -OCH3 is 1. The van der Waals surface area contributed by atoms with Gasteiger partial charge in [0.2, 0.25) is 10.0 Å². The zero-order valence-electron chi connectivity index (χ0n) is 17.7. The first kappa shape index (κ1) is 21.0. The molecule has 4 aromatic rings. The third-order valence-electron chi connectivity index (χ3n) is 5.12. The van der Waals surface area contributed by atoms with Gasteiger partial charge >= 0.3 is 0 Å². The lowest BCUT2D eigenvalue weighted by Crippen LogP contribution is -2.26. The summed E-state index contributed by atoms with van der Waals surface area (Å²) in [6.45, 7) is 4.30. The Morgan fingerprint density at radius 3 is 2.55 bits per heavy atom. The number of nitrogens with one attached hydrogen (secondary N) is 1.